The fourth-order valence-electron chi connectivity index (χ4n) is 4.75. The predicted octanol–water partition coefficient (Wildman–Crippen LogP) is 4.48. The van der Waals surface area contributed by atoms with Crippen LogP contribution in [0.4, 0.5) is 8.78 Å². The van der Waals surface area contributed by atoms with Gasteiger partial charge in [-0.1, -0.05) is 6.07 Å². The largest absolute Gasteiger partial charge is 0.490 e. The van der Waals surface area contributed by atoms with Crippen LogP contribution in [0, 0.1) is 0 Å². The van der Waals surface area contributed by atoms with Crippen LogP contribution in [0.1, 0.15) is 37.2 Å². The Bertz CT molecular complexity index is 980. The fraction of sp³-hybridized carbons (Fsp3) is 0.522. The number of benzene rings is 1. The Hall–Kier alpha value is -2.41. The van der Waals surface area contributed by atoms with E-state index >= 15 is 0 Å². The van der Waals surface area contributed by atoms with E-state index in [1.807, 2.05) is 24.3 Å². The third-order valence-corrected chi connectivity index (χ3v) is 6.28. The summed E-state index contributed by atoms with van der Waals surface area (Å²) in [5.74, 6) is 2.03. The molecule has 160 valence electrons. The van der Waals surface area contributed by atoms with Gasteiger partial charge in [0.25, 0.3) is 6.43 Å². The van der Waals surface area contributed by atoms with Crippen molar-refractivity contribution in [3.05, 3.63) is 48.2 Å². The number of aryl methyl sites for hydroxylation is 2. The lowest BCUT2D eigenvalue weighted by Crippen LogP contribution is -2.37. The Kier molecular flexibility index (Phi) is 5.46. The van der Waals surface area contributed by atoms with Crippen LogP contribution in [0.25, 0.3) is 10.9 Å². The van der Waals surface area contributed by atoms with Gasteiger partial charge in [0.05, 0.1) is 17.8 Å². The number of piperidine rings is 1. The van der Waals surface area contributed by atoms with Crippen LogP contribution in [0.2, 0.25) is 0 Å². The van der Waals surface area contributed by atoms with Gasteiger partial charge >= 0.3 is 0 Å². The molecule has 5 nitrogen and oxygen atoms in total. The maximum absolute atomic E-state index is 12.8. The molecule has 7 heteroatoms. The highest BCUT2D eigenvalue weighted by atomic mass is 19.3. The minimum absolute atomic E-state index is 0.153. The van der Waals surface area contributed by atoms with Crippen molar-refractivity contribution in [1.29, 1.82) is 0 Å². The third-order valence-electron chi connectivity index (χ3n) is 6.28. The van der Waals surface area contributed by atoms with Gasteiger partial charge in [-0.05, 0) is 43.9 Å². The predicted molar refractivity (Wildman–Crippen MR) is 112 cm³/mol. The van der Waals surface area contributed by atoms with Gasteiger partial charge < -0.3 is 13.9 Å². The van der Waals surface area contributed by atoms with Crippen molar-refractivity contribution in [3.63, 3.8) is 0 Å². The van der Waals surface area contributed by atoms with Crippen LogP contribution in [-0.2, 0) is 26.1 Å². The molecule has 0 spiro atoms. The average Bonchev–Trinajstić information content (AvgIpc) is 3.33. The normalized spacial score (nSPS) is 18.2. The first-order valence-electron chi connectivity index (χ1n) is 11.0. The van der Waals surface area contributed by atoms with E-state index in [2.05, 4.69) is 15.7 Å². The maximum atomic E-state index is 12.8. The van der Waals surface area contributed by atoms with E-state index < -0.39 is 6.43 Å². The van der Waals surface area contributed by atoms with Gasteiger partial charge in [0.2, 0.25) is 0 Å². The van der Waals surface area contributed by atoms with Crippen molar-refractivity contribution in [1.82, 2.24) is 19.0 Å². The third kappa shape index (κ3) is 4.08. The Morgan fingerprint density at radius 3 is 2.77 bits per heavy atom. The van der Waals surface area contributed by atoms with Gasteiger partial charge in [-0.15, -0.1) is 0 Å². The number of hydrogen-bond acceptors (Lipinski definition) is 3. The van der Waals surface area contributed by atoms with Gasteiger partial charge in [-0.2, -0.15) is 0 Å². The zero-order valence-electron chi connectivity index (χ0n) is 17.1. The first-order valence-corrected chi connectivity index (χ1v) is 11.0. The monoisotopic (exact) mass is 414 g/mol. The minimum Gasteiger partial charge on any atom is -0.490 e. The lowest BCUT2D eigenvalue weighted by atomic mass is 10.1. The van der Waals surface area contributed by atoms with Crippen molar-refractivity contribution < 1.29 is 13.5 Å². The molecule has 30 heavy (non-hydrogen) atoms. The van der Waals surface area contributed by atoms with Crippen LogP contribution in [0.15, 0.2) is 36.7 Å². The van der Waals surface area contributed by atoms with E-state index in [1.165, 1.54) is 24.4 Å². The second kappa shape index (κ2) is 8.38. The number of fused-ring (bicyclic) bond motifs is 2. The average molecular weight is 415 g/mol. The molecule has 5 rings (SSSR count). The van der Waals surface area contributed by atoms with E-state index in [1.54, 1.807) is 10.8 Å². The Morgan fingerprint density at radius 2 is 1.97 bits per heavy atom. The number of ether oxygens (including phenoxy) is 1. The molecule has 0 radical (unpaired) electrons. The number of rotatable bonds is 6. The first-order chi connectivity index (χ1) is 14.7. The highest BCUT2D eigenvalue weighted by molar-refractivity contribution is 5.86. The number of hydrogen-bond donors (Lipinski definition) is 0. The summed E-state index contributed by atoms with van der Waals surface area (Å²) < 4.78 is 35.8. The SMILES string of the molecule is FC(F)Cn1ccc2c(OC3CCN(Cc4cn5c(n4)CCCC5)CC3)cccc21. The van der Waals surface area contributed by atoms with E-state index in [0.717, 1.165) is 62.1 Å². The van der Waals surface area contributed by atoms with Crippen LogP contribution >= 0.6 is 0 Å². The second-order valence-electron chi connectivity index (χ2n) is 8.44. The molecule has 0 aliphatic carbocycles. The standard InChI is InChI=1S/C23H28F2N4O/c24-22(25)16-28-13-9-19-20(28)4-3-5-21(19)30-18-7-11-27(12-8-18)14-17-15-29-10-2-1-6-23(29)26-17/h3-5,9,13,15,18,22H,1-2,6-8,10-12,14,16H2. The van der Waals surface area contributed by atoms with E-state index in [-0.39, 0.29) is 12.6 Å². The summed E-state index contributed by atoms with van der Waals surface area (Å²) in [6.45, 7) is 3.68. The molecule has 4 heterocycles. The number of imidazole rings is 1. The summed E-state index contributed by atoms with van der Waals surface area (Å²) in [7, 11) is 0. The van der Waals surface area contributed by atoms with Crippen molar-refractivity contribution in [2.75, 3.05) is 13.1 Å². The van der Waals surface area contributed by atoms with E-state index in [4.69, 9.17) is 9.72 Å². The van der Waals surface area contributed by atoms with Crippen LogP contribution in [0.3, 0.4) is 0 Å². The second-order valence-corrected chi connectivity index (χ2v) is 8.44. The topological polar surface area (TPSA) is 35.2 Å². The molecule has 0 N–H and O–H groups in total. The van der Waals surface area contributed by atoms with Gasteiger partial charge in [0.15, 0.2) is 0 Å². The smallest absolute Gasteiger partial charge is 0.256 e. The number of likely N-dealkylation sites (tertiary alicyclic amines) is 1. The molecule has 0 saturated carbocycles. The summed E-state index contributed by atoms with van der Waals surface area (Å²) in [6.07, 6.45) is 7.25. The Labute approximate surface area is 175 Å². The quantitative estimate of drug-likeness (QED) is 0.597. The summed E-state index contributed by atoms with van der Waals surface area (Å²) >= 11 is 0. The summed E-state index contributed by atoms with van der Waals surface area (Å²) in [5, 5.41) is 0.907. The molecule has 1 saturated heterocycles. The molecule has 0 atom stereocenters. The van der Waals surface area contributed by atoms with Crippen molar-refractivity contribution in [3.8, 4) is 5.75 Å². The minimum atomic E-state index is -2.37. The van der Waals surface area contributed by atoms with Gasteiger partial charge in [0.1, 0.15) is 17.7 Å². The van der Waals surface area contributed by atoms with Gasteiger partial charge in [0, 0.05) is 50.4 Å². The van der Waals surface area contributed by atoms with Crippen LogP contribution in [0.5, 0.6) is 5.75 Å². The molecule has 1 aromatic carbocycles. The summed E-state index contributed by atoms with van der Waals surface area (Å²) in [5.41, 5.74) is 1.98. The fourth-order valence-corrected chi connectivity index (χ4v) is 4.75. The van der Waals surface area contributed by atoms with Crippen molar-refractivity contribution >= 4 is 10.9 Å². The Balaban J connectivity index is 1.19. The maximum Gasteiger partial charge on any atom is 0.256 e. The molecular formula is C23H28F2N4O. The first kappa shape index (κ1) is 19.5. The van der Waals surface area contributed by atoms with E-state index in [0.29, 0.717) is 0 Å². The summed E-state index contributed by atoms with van der Waals surface area (Å²) in [6, 6.07) is 7.58. The molecule has 2 aliphatic heterocycles. The zero-order valence-corrected chi connectivity index (χ0v) is 17.1. The number of nitrogens with zero attached hydrogens (tertiary/aromatic N) is 4. The van der Waals surface area contributed by atoms with E-state index in [9.17, 15) is 8.78 Å². The number of aromatic nitrogens is 3. The highest BCUT2D eigenvalue weighted by Gasteiger charge is 2.23. The molecular weight excluding hydrogens is 386 g/mol. The number of alkyl halides is 2. The van der Waals surface area contributed by atoms with Gasteiger partial charge in [-0.25, -0.2) is 13.8 Å². The number of halogens is 2. The zero-order chi connectivity index (χ0) is 20.5. The van der Waals surface area contributed by atoms with Crippen molar-refractivity contribution in [2.45, 2.75) is 64.3 Å². The van der Waals surface area contributed by atoms with Crippen molar-refractivity contribution in [2.24, 2.45) is 0 Å². The molecule has 0 bridgehead atoms. The lowest BCUT2D eigenvalue weighted by Gasteiger charge is -2.31. The molecule has 2 aromatic heterocycles. The molecule has 3 aromatic rings. The Morgan fingerprint density at radius 1 is 1.10 bits per heavy atom. The molecule has 1 fully saturated rings. The molecule has 0 unspecified atom stereocenters. The lowest BCUT2D eigenvalue weighted by molar-refractivity contribution is 0.0973. The molecule has 0 amide bonds. The van der Waals surface area contributed by atoms with Crippen LogP contribution in [-0.4, -0.2) is 44.6 Å². The van der Waals surface area contributed by atoms with Crippen LogP contribution < -0.4 is 4.74 Å². The van der Waals surface area contributed by atoms with Gasteiger partial charge in [-0.3, -0.25) is 4.90 Å². The summed E-state index contributed by atoms with van der Waals surface area (Å²) in [4.78, 5) is 7.28. The highest BCUT2D eigenvalue weighted by Crippen LogP contribution is 2.30. The molecule has 2 aliphatic rings.